The van der Waals surface area contributed by atoms with Gasteiger partial charge in [0.25, 0.3) is 5.91 Å². The van der Waals surface area contributed by atoms with Crippen LogP contribution >= 0.6 is 23.2 Å². The molecule has 0 heterocycles. The third-order valence-electron chi connectivity index (χ3n) is 5.29. The van der Waals surface area contributed by atoms with Crippen LogP contribution in [0, 0.1) is 19.7 Å². The first-order valence-corrected chi connectivity index (χ1v) is 11.0. The maximum atomic E-state index is 13.8. The lowest BCUT2D eigenvalue weighted by atomic mass is 10.1. The molecular formula is C26H19Cl2FN2O3. The number of ether oxygens (including phenoxy) is 1. The number of halogens is 3. The number of hydrogen-bond donors (Lipinski definition) is 2. The standard InChI is InChI=1S/C26H19Cl2FN2O3/c1-14-13-21(30-26(33)31-25(32)18-9-5-6-10-20(18)29)15(2)23(28)24(14)34-22-12-11-19(27)16-7-3-4-8-17(16)22/h3-13H,1-2H3,(H2,30,31,32,33). The molecule has 4 rings (SSSR count). The first-order valence-electron chi connectivity index (χ1n) is 10.3. The summed E-state index contributed by atoms with van der Waals surface area (Å²) in [7, 11) is 0. The lowest BCUT2D eigenvalue weighted by Gasteiger charge is -2.18. The molecule has 4 aromatic carbocycles. The monoisotopic (exact) mass is 496 g/mol. The van der Waals surface area contributed by atoms with E-state index in [0.717, 1.165) is 16.8 Å². The zero-order valence-corrected chi connectivity index (χ0v) is 19.7. The predicted octanol–water partition coefficient (Wildman–Crippen LogP) is 7.66. The topological polar surface area (TPSA) is 67.4 Å². The highest BCUT2D eigenvalue weighted by molar-refractivity contribution is 6.36. The summed E-state index contributed by atoms with van der Waals surface area (Å²) in [4.78, 5) is 24.6. The van der Waals surface area contributed by atoms with Gasteiger partial charge in [-0.3, -0.25) is 10.1 Å². The molecule has 0 fully saturated rings. The number of aryl methyl sites for hydroxylation is 1. The SMILES string of the molecule is Cc1cc(NC(=O)NC(=O)c2ccccc2F)c(C)c(Cl)c1Oc1ccc(Cl)c2ccccc12. The molecule has 0 aliphatic heterocycles. The van der Waals surface area contributed by atoms with Gasteiger partial charge in [-0.1, -0.05) is 59.6 Å². The maximum Gasteiger partial charge on any atom is 0.326 e. The van der Waals surface area contributed by atoms with E-state index in [1.54, 1.807) is 32.0 Å². The molecule has 0 aliphatic rings. The van der Waals surface area contributed by atoms with Crippen molar-refractivity contribution in [2.24, 2.45) is 0 Å². The summed E-state index contributed by atoms with van der Waals surface area (Å²) in [5, 5.41) is 7.29. The molecule has 4 aromatic rings. The molecule has 0 bridgehead atoms. The number of carbonyl (C=O) groups is 2. The average Bonchev–Trinajstić information content (AvgIpc) is 2.82. The van der Waals surface area contributed by atoms with Crippen molar-refractivity contribution in [1.82, 2.24) is 5.32 Å². The zero-order chi connectivity index (χ0) is 24.4. The van der Waals surface area contributed by atoms with Crippen molar-refractivity contribution in [3.05, 3.63) is 99.3 Å². The summed E-state index contributed by atoms with van der Waals surface area (Å²) in [6.07, 6.45) is 0. The Balaban J connectivity index is 1.57. The second-order valence-corrected chi connectivity index (χ2v) is 8.38. The minimum Gasteiger partial charge on any atom is -0.455 e. The number of urea groups is 1. The van der Waals surface area contributed by atoms with E-state index >= 15 is 0 Å². The average molecular weight is 497 g/mol. The fraction of sp³-hybridized carbons (Fsp3) is 0.0769. The van der Waals surface area contributed by atoms with Crippen LogP contribution in [0.1, 0.15) is 21.5 Å². The van der Waals surface area contributed by atoms with Crippen molar-refractivity contribution in [3.63, 3.8) is 0 Å². The van der Waals surface area contributed by atoms with Crippen molar-refractivity contribution >= 4 is 51.6 Å². The highest BCUT2D eigenvalue weighted by atomic mass is 35.5. The van der Waals surface area contributed by atoms with Crippen LogP contribution in [0.2, 0.25) is 10.0 Å². The Bertz CT molecular complexity index is 1440. The molecule has 0 atom stereocenters. The number of amides is 3. The molecule has 0 saturated carbocycles. The summed E-state index contributed by atoms with van der Waals surface area (Å²) in [6, 6.07) is 17.4. The molecule has 0 saturated heterocycles. The van der Waals surface area contributed by atoms with E-state index in [1.807, 2.05) is 24.3 Å². The van der Waals surface area contributed by atoms with Crippen LogP contribution in [0.3, 0.4) is 0 Å². The van der Waals surface area contributed by atoms with Crippen LogP contribution in [0.5, 0.6) is 11.5 Å². The molecule has 3 amide bonds. The number of nitrogens with one attached hydrogen (secondary N) is 2. The van der Waals surface area contributed by atoms with Crippen molar-refractivity contribution in [3.8, 4) is 11.5 Å². The molecule has 0 radical (unpaired) electrons. The summed E-state index contributed by atoms with van der Waals surface area (Å²) in [5.41, 5.74) is 1.34. The molecule has 0 unspecified atom stereocenters. The molecule has 8 heteroatoms. The summed E-state index contributed by atoms with van der Waals surface area (Å²) in [6.45, 7) is 3.50. The first kappa shape index (κ1) is 23.5. The molecular weight excluding hydrogens is 478 g/mol. The number of anilines is 1. The zero-order valence-electron chi connectivity index (χ0n) is 18.2. The third kappa shape index (κ3) is 4.69. The van der Waals surface area contributed by atoms with Gasteiger partial charge >= 0.3 is 6.03 Å². The summed E-state index contributed by atoms with van der Waals surface area (Å²) in [5.74, 6) is -0.567. The van der Waals surface area contributed by atoms with Crippen LogP contribution in [0.15, 0.2) is 66.7 Å². The van der Waals surface area contributed by atoms with Gasteiger partial charge in [0.1, 0.15) is 17.3 Å². The van der Waals surface area contributed by atoms with E-state index in [9.17, 15) is 14.0 Å². The number of benzene rings is 4. The van der Waals surface area contributed by atoms with Crippen molar-refractivity contribution in [2.75, 3.05) is 5.32 Å². The lowest BCUT2D eigenvalue weighted by Crippen LogP contribution is -2.35. The Morgan fingerprint density at radius 2 is 1.59 bits per heavy atom. The van der Waals surface area contributed by atoms with Crippen LogP contribution in [0.4, 0.5) is 14.9 Å². The fourth-order valence-electron chi connectivity index (χ4n) is 3.51. The van der Waals surface area contributed by atoms with Gasteiger partial charge in [-0.05, 0) is 55.3 Å². The maximum absolute atomic E-state index is 13.8. The van der Waals surface area contributed by atoms with Crippen molar-refractivity contribution < 1.29 is 18.7 Å². The minimum absolute atomic E-state index is 0.234. The van der Waals surface area contributed by atoms with Crippen molar-refractivity contribution in [2.45, 2.75) is 13.8 Å². The highest BCUT2D eigenvalue weighted by Gasteiger charge is 2.19. The molecule has 34 heavy (non-hydrogen) atoms. The number of rotatable bonds is 4. The van der Waals surface area contributed by atoms with Gasteiger partial charge in [-0.25, -0.2) is 9.18 Å². The summed E-state index contributed by atoms with van der Waals surface area (Å²) < 4.78 is 20.0. The van der Waals surface area contributed by atoms with Gasteiger partial charge in [0.05, 0.1) is 10.6 Å². The minimum atomic E-state index is -0.856. The molecule has 172 valence electrons. The summed E-state index contributed by atoms with van der Waals surface area (Å²) >= 11 is 12.9. The Morgan fingerprint density at radius 3 is 2.32 bits per heavy atom. The van der Waals surface area contributed by atoms with Gasteiger partial charge in [-0.2, -0.15) is 0 Å². The van der Waals surface area contributed by atoms with Gasteiger partial charge in [-0.15, -0.1) is 0 Å². The van der Waals surface area contributed by atoms with Crippen molar-refractivity contribution in [1.29, 1.82) is 0 Å². The Kier molecular flexibility index (Phi) is 6.72. The normalized spacial score (nSPS) is 10.7. The van der Waals surface area contributed by atoms with Crippen LogP contribution in [-0.2, 0) is 0 Å². The molecule has 0 spiro atoms. The number of imide groups is 1. The van der Waals surface area contributed by atoms with E-state index in [2.05, 4.69) is 10.6 Å². The fourth-order valence-corrected chi connectivity index (χ4v) is 4.03. The Morgan fingerprint density at radius 1 is 0.912 bits per heavy atom. The van der Waals surface area contributed by atoms with Gasteiger partial charge in [0, 0.05) is 21.5 Å². The Hall–Kier alpha value is -3.61. The van der Waals surface area contributed by atoms with Gasteiger partial charge in [0.15, 0.2) is 0 Å². The van der Waals surface area contributed by atoms with E-state index < -0.39 is 17.8 Å². The largest absolute Gasteiger partial charge is 0.455 e. The first-order chi connectivity index (χ1) is 16.3. The van der Waals surface area contributed by atoms with E-state index in [4.69, 9.17) is 27.9 Å². The van der Waals surface area contributed by atoms with E-state index in [0.29, 0.717) is 38.4 Å². The van der Waals surface area contributed by atoms with Crippen LogP contribution < -0.4 is 15.4 Å². The number of fused-ring (bicyclic) bond motifs is 1. The number of hydrogen-bond acceptors (Lipinski definition) is 3. The van der Waals surface area contributed by atoms with E-state index in [1.165, 1.54) is 18.2 Å². The molecule has 0 aromatic heterocycles. The third-order valence-corrected chi connectivity index (χ3v) is 6.07. The smallest absolute Gasteiger partial charge is 0.326 e. The predicted molar refractivity (Wildman–Crippen MR) is 133 cm³/mol. The van der Waals surface area contributed by atoms with Gasteiger partial charge in [0.2, 0.25) is 0 Å². The van der Waals surface area contributed by atoms with Gasteiger partial charge < -0.3 is 10.1 Å². The van der Waals surface area contributed by atoms with Crippen LogP contribution in [-0.4, -0.2) is 11.9 Å². The quantitative estimate of drug-likeness (QED) is 0.304. The second-order valence-electron chi connectivity index (χ2n) is 7.59. The lowest BCUT2D eigenvalue weighted by molar-refractivity contribution is 0.0963. The Labute approximate surface area is 205 Å². The molecule has 2 N–H and O–H groups in total. The number of carbonyl (C=O) groups excluding carboxylic acids is 2. The van der Waals surface area contributed by atoms with Crippen LogP contribution in [0.25, 0.3) is 10.8 Å². The van der Waals surface area contributed by atoms with E-state index in [-0.39, 0.29) is 5.56 Å². The molecule has 5 nitrogen and oxygen atoms in total. The second kappa shape index (κ2) is 9.71. The molecule has 0 aliphatic carbocycles. The highest BCUT2D eigenvalue weighted by Crippen LogP contribution is 2.41.